The van der Waals surface area contributed by atoms with Crippen LogP contribution in [0.4, 0.5) is 5.69 Å². The average Bonchev–Trinajstić information content (AvgIpc) is 3.11. The van der Waals surface area contributed by atoms with Gasteiger partial charge in [-0.05, 0) is 42.7 Å². The third-order valence-electron chi connectivity index (χ3n) is 5.22. The van der Waals surface area contributed by atoms with Crippen LogP contribution in [0.15, 0.2) is 42.5 Å². The Kier molecular flexibility index (Phi) is 4.81. The van der Waals surface area contributed by atoms with Crippen LogP contribution in [0, 0.1) is 5.41 Å². The standard InChI is InChI=1S/C21H21NO6/c23-19(11-21(20(24)25)7-2-8-21)22-15-4-1-3-14(9-15)12-26-16-5-6-17-18(10-16)28-13-27-17/h1,3-6,9-10H,2,7-8,11-13H2,(H,22,23)(H,24,25). The first-order valence-corrected chi connectivity index (χ1v) is 9.19. The van der Waals surface area contributed by atoms with Gasteiger partial charge in [0.15, 0.2) is 11.5 Å². The number of carbonyl (C=O) groups excluding carboxylic acids is 1. The molecule has 1 aliphatic carbocycles. The number of fused-ring (bicyclic) bond motifs is 1. The van der Waals surface area contributed by atoms with Crippen molar-refractivity contribution < 1.29 is 28.9 Å². The molecule has 0 spiro atoms. The molecule has 0 unspecified atom stereocenters. The Balaban J connectivity index is 1.35. The predicted octanol–water partition coefficient (Wildman–Crippen LogP) is 3.58. The van der Waals surface area contributed by atoms with Crippen LogP contribution in [0.5, 0.6) is 17.2 Å². The largest absolute Gasteiger partial charge is 0.489 e. The number of hydrogen-bond donors (Lipinski definition) is 2. The number of benzene rings is 2. The molecule has 146 valence electrons. The lowest BCUT2D eigenvalue weighted by Gasteiger charge is -2.36. The van der Waals surface area contributed by atoms with Crippen LogP contribution in [0.3, 0.4) is 0 Å². The summed E-state index contributed by atoms with van der Waals surface area (Å²) in [5.74, 6) is 0.840. The lowest BCUT2D eigenvalue weighted by Crippen LogP contribution is -2.41. The second-order valence-corrected chi connectivity index (χ2v) is 7.17. The molecule has 0 atom stereocenters. The molecule has 1 aliphatic heterocycles. The Hall–Kier alpha value is -3.22. The van der Waals surface area contributed by atoms with Crippen molar-refractivity contribution in [2.45, 2.75) is 32.3 Å². The van der Waals surface area contributed by atoms with Gasteiger partial charge in [-0.15, -0.1) is 0 Å². The molecule has 7 nitrogen and oxygen atoms in total. The molecule has 1 saturated carbocycles. The van der Waals surface area contributed by atoms with Crippen molar-refractivity contribution in [2.75, 3.05) is 12.1 Å². The molecule has 2 aromatic carbocycles. The fraction of sp³-hybridized carbons (Fsp3) is 0.333. The number of carboxylic acids is 1. The van der Waals surface area contributed by atoms with Crippen LogP contribution >= 0.6 is 0 Å². The SMILES string of the molecule is O=C(CC1(C(=O)O)CCC1)Nc1cccc(COc2ccc3c(c2)OCO3)c1. The van der Waals surface area contributed by atoms with Gasteiger partial charge in [-0.25, -0.2) is 0 Å². The zero-order valence-electron chi connectivity index (χ0n) is 15.3. The van der Waals surface area contributed by atoms with E-state index in [-0.39, 0.29) is 19.1 Å². The number of carbonyl (C=O) groups is 2. The van der Waals surface area contributed by atoms with Gasteiger partial charge in [0.25, 0.3) is 0 Å². The maximum absolute atomic E-state index is 12.3. The summed E-state index contributed by atoms with van der Waals surface area (Å²) in [6.45, 7) is 0.534. The molecule has 1 amide bonds. The first-order valence-electron chi connectivity index (χ1n) is 9.19. The topological polar surface area (TPSA) is 94.1 Å². The van der Waals surface area contributed by atoms with Crippen molar-refractivity contribution >= 4 is 17.6 Å². The molecule has 7 heteroatoms. The number of hydrogen-bond acceptors (Lipinski definition) is 5. The second-order valence-electron chi connectivity index (χ2n) is 7.17. The fourth-order valence-corrected chi connectivity index (χ4v) is 3.45. The van der Waals surface area contributed by atoms with Crippen LogP contribution < -0.4 is 19.5 Å². The molecule has 28 heavy (non-hydrogen) atoms. The van der Waals surface area contributed by atoms with E-state index < -0.39 is 11.4 Å². The quantitative estimate of drug-likeness (QED) is 0.759. The lowest BCUT2D eigenvalue weighted by atomic mass is 9.66. The van der Waals surface area contributed by atoms with Gasteiger partial charge in [-0.2, -0.15) is 0 Å². The van der Waals surface area contributed by atoms with E-state index in [0.717, 1.165) is 12.0 Å². The summed E-state index contributed by atoms with van der Waals surface area (Å²) in [6.07, 6.45) is 1.96. The Morgan fingerprint density at radius 3 is 2.68 bits per heavy atom. The normalized spacial score (nSPS) is 16.1. The van der Waals surface area contributed by atoms with Crippen molar-refractivity contribution in [1.29, 1.82) is 0 Å². The molecular formula is C21H21NO6. The van der Waals surface area contributed by atoms with Gasteiger partial charge in [0, 0.05) is 18.2 Å². The van der Waals surface area contributed by atoms with Gasteiger partial charge < -0.3 is 24.6 Å². The van der Waals surface area contributed by atoms with E-state index in [1.165, 1.54) is 0 Å². The number of nitrogens with one attached hydrogen (secondary N) is 1. The zero-order valence-corrected chi connectivity index (χ0v) is 15.3. The maximum atomic E-state index is 12.3. The molecule has 1 fully saturated rings. The van der Waals surface area contributed by atoms with E-state index in [2.05, 4.69) is 5.32 Å². The smallest absolute Gasteiger partial charge is 0.310 e. The van der Waals surface area contributed by atoms with Crippen LogP contribution in [0.25, 0.3) is 0 Å². The van der Waals surface area contributed by atoms with Crippen molar-refractivity contribution in [2.24, 2.45) is 5.41 Å². The highest BCUT2D eigenvalue weighted by Crippen LogP contribution is 2.44. The Morgan fingerprint density at radius 2 is 1.93 bits per heavy atom. The second kappa shape index (κ2) is 7.42. The molecule has 4 rings (SSSR count). The highest BCUT2D eigenvalue weighted by atomic mass is 16.7. The maximum Gasteiger partial charge on any atom is 0.310 e. The van der Waals surface area contributed by atoms with Crippen LogP contribution in [0.2, 0.25) is 0 Å². The number of aliphatic carboxylic acids is 1. The van der Waals surface area contributed by atoms with E-state index in [0.29, 0.717) is 42.4 Å². The number of anilines is 1. The summed E-state index contributed by atoms with van der Waals surface area (Å²) in [5, 5.41) is 12.2. The van der Waals surface area contributed by atoms with E-state index in [1.807, 2.05) is 24.3 Å². The first-order chi connectivity index (χ1) is 13.5. The highest BCUT2D eigenvalue weighted by Gasteiger charge is 2.45. The van der Waals surface area contributed by atoms with Gasteiger partial charge >= 0.3 is 5.97 Å². The van der Waals surface area contributed by atoms with Gasteiger partial charge in [0.05, 0.1) is 5.41 Å². The number of ether oxygens (including phenoxy) is 3. The minimum atomic E-state index is -0.899. The number of carboxylic acid groups (broad SMARTS) is 1. The molecule has 0 aromatic heterocycles. The highest BCUT2D eigenvalue weighted by molar-refractivity contribution is 5.94. The summed E-state index contributed by atoms with van der Waals surface area (Å²) in [7, 11) is 0. The molecule has 2 aromatic rings. The van der Waals surface area contributed by atoms with Gasteiger partial charge in [0.1, 0.15) is 12.4 Å². The monoisotopic (exact) mass is 383 g/mol. The number of rotatable bonds is 7. The molecule has 1 heterocycles. The van der Waals surface area contributed by atoms with E-state index in [4.69, 9.17) is 14.2 Å². The summed E-state index contributed by atoms with van der Waals surface area (Å²) in [4.78, 5) is 23.7. The predicted molar refractivity (Wildman–Crippen MR) is 101 cm³/mol. The lowest BCUT2D eigenvalue weighted by molar-refractivity contribution is -0.157. The minimum absolute atomic E-state index is 0.000255. The van der Waals surface area contributed by atoms with E-state index in [1.54, 1.807) is 18.2 Å². The fourth-order valence-electron chi connectivity index (χ4n) is 3.45. The number of amides is 1. The summed E-state index contributed by atoms with van der Waals surface area (Å²) in [6, 6.07) is 12.7. The molecule has 0 saturated heterocycles. The van der Waals surface area contributed by atoms with Crippen LogP contribution in [0.1, 0.15) is 31.2 Å². The molecule has 2 N–H and O–H groups in total. The molecular weight excluding hydrogens is 362 g/mol. The summed E-state index contributed by atoms with van der Waals surface area (Å²) in [5.41, 5.74) is 0.605. The van der Waals surface area contributed by atoms with Gasteiger partial charge in [0.2, 0.25) is 12.7 Å². The van der Waals surface area contributed by atoms with Crippen LogP contribution in [-0.2, 0) is 16.2 Å². The van der Waals surface area contributed by atoms with Crippen molar-refractivity contribution in [3.8, 4) is 17.2 Å². The first kappa shape index (κ1) is 18.2. The Labute approximate surface area is 162 Å². The molecule has 0 radical (unpaired) electrons. The molecule has 0 bridgehead atoms. The summed E-state index contributed by atoms with van der Waals surface area (Å²) >= 11 is 0. The van der Waals surface area contributed by atoms with Crippen molar-refractivity contribution in [1.82, 2.24) is 0 Å². The molecule has 2 aliphatic rings. The summed E-state index contributed by atoms with van der Waals surface area (Å²) < 4.78 is 16.4. The minimum Gasteiger partial charge on any atom is -0.489 e. The van der Waals surface area contributed by atoms with Crippen molar-refractivity contribution in [3.63, 3.8) is 0 Å². The Morgan fingerprint density at radius 1 is 1.11 bits per heavy atom. The third-order valence-corrected chi connectivity index (χ3v) is 5.22. The van der Waals surface area contributed by atoms with Crippen LogP contribution in [-0.4, -0.2) is 23.8 Å². The van der Waals surface area contributed by atoms with Gasteiger partial charge in [-0.1, -0.05) is 18.6 Å². The van der Waals surface area contributed by atoms with Crippen molar-refractivity contribution in [3.05, 3.63) is 48.0 Å². The average molecular weight is 383 g/mol. The Bertz CT molecular complexity index is 906. The third kappa shape index (κ3) is 3.74. The van der Waals surface area contributed by atoms with E-state index in [9.17, 15) is 14.7 Å². The zero-order chi connectivity index (χ0) is 19.6. The van der Waals surface area contributed by atoms with E-state index >= 15 is 0 Å². The van der Waals surface area contributed by atoms with Gasteiger partial charge in [-0.3, -0.25) is 9.59 Å².